The van der Waals surface area contributed by atoms with E-state index in [2.05, 4.69) is 25.7 Å². The van der Waals surface area contributed by atoms with E-state index in [0.717, 1.165) is 29.7 Å². The first kappa shape index (κ1) is 12.1. The molecule has 1 aliphatic rings. The van der Waals surface area contributed by atoms with Gasteiger partial charge in [-0.15, -0.1) is 0 Å². The number of hydrogen-bond donors (Lipinski definition) is 2. The Bertz CT molecular complexity index is 802. The van der Waals surface area contributed by atoms with Gasteiger partial charge in [-0.1, -0.05) is 5.16 Å². The van der Waals surface area contributed by atoms with Crippen molar-refractivity contribution in [1.82, 2.24) is 25.7 Å². The molecule has 4 rings (SSSR count). The molecule has 7 heteroatoms. The van der Waals surface area contributed by atoms with E-state index in [4.69, 9.17) is 4.52 Å². The minimum absolute atomic E-state index is 0.248. The minimum Gasteiger partial charge on any atom is -0.361 e. The Balaban J connectivity index is 1.44. The molecule has 1 fully saturated rings. The first-order valence-corrected chi connectivity index (χ1v) is 6.83. The Labute approximate surface area is 119 Å². The van der Waals surface area contributed by atoms with Gasteiger partial charge in [0, 0.05) is 17.4 Å². The second-order valence-corrected chi connectivity index (χ2v) is 5.18. The summed E-state index contributed by atoms with van der Waals surface area (Å²) >= 11 is 0. The zero-order valence-electron chi connectivity index (χ0n) is 11.2. The van der Waals surface area contributed by atoms with Gasteiger partial charge in [0.05, 0.1) is 12.7 Å². The zero-order chi connectivity index (χ0) is 14.2. The number of nitrogens with zero attached hydrogens (tertiary/aromatic N) is 3. The predicted molar refractivity (Wildman–Crippen MR) is 73.5 cm³/mol. The van der Waals surface area contributed by atoms with E-state index < -0.39 is 0 Å². The van der Waals surface area contributed by atoms with E-state index in [0.29, 0.717) is 23.8 Å². The number of aromatic nitrogens is 4. The predicted octanol–water partition coefficient (Wildman–Crippen LogP) is 1.75. The maximum absolute atomic E-state index is 12.1. The quantitative estimate of drug-likeness (QED) is 0.760. The number of carbonyl (C=O) groups is 1. The molecule has 1 saturated carbocycles. The van der Waals surface area contributed by atoms with E-state index in [1.165, 1.54) is 0 Å². The molecule has 0 radical (unpaired) electrons. The van der Waals surface area contributed by atoms with Crippen molar-refractivity contribution in [3.63, 3.8) is 0 Å². The second kappa shape index (κ2) is 4.69. The van der Waals surface area contributed by atoms with Crippen LogP contribution < -0.4 is 5.32 Å². The summed E-state index contributed by atoms with van der Waals surface area (Å²) in [6.45, 7) is 0.331. The Kier molecular flexibility index (Phi) is 2.70. The zero-order valence-corrected chi connectivity index (χ0v) is 11.2. The van der Waals surface area contributed by atoms with Gasteiger partial charge in [0.25, 0.3) is 5.91 Å². The average molecular weight is 283 g/mol. The molecular formula is C14H13N5O2. The number of aromatic amines is 1. The summed E-state index contributed by atoms with van der Waals surface area (Å²) in [4.78, 5) is 16.3. The molecule has 1 amide bonds. The van der Waals surface area contributed by atoms with E-state index in [1.54, 1.807) is 12.3 Å². The van der Waals surface area contributed by atoms with Crippen LogP contribution in [0.1, 0.15) is 40.7 Å². The third kappa shape index (κ3) is 2.37. The van der Waals surface area contributed by atoms with E-state index >= 15 is 0 Å². The molecule has 3 aromatic rings. The number of pyridine rings is 1. The van der Waals surface area contributed by atoms with Crippen LogP contribution in [0.25, 0.3) is 11.0 Å². The van der Waals surface area contributed by atoms with E-state index in [1.807, 2.05) is 12.1 Å². The summed E-state index contributed by atoms with van der Waals surface area (Å²) in [6, 6.07) is 5.39. The van der Waals surface area contributed by atoms with Crippen molar-refractivity contribution in [1.29, 1.82) is 0 Å². The fourth-order valence-corrected chi connectivity index (χ4v) is 2.19. The maximum Gasteiger partial charge on any atom is 0.270 e. The van der Waals surface area contributed by atoms with Gasteiger partial charge >= 0.3 is 0 Å². The molecule has 0 aromatic carbocycles. The van der Waals surface area contributed by atoms with Crippen molar-refractivity contribution in [3.05, 3.63) is 41.5 Å². The SMILES string of the molecule is O=C(NCc1cc(C2CC2)on1)c1ccc2cn[nH]c2n1. The molecule has 0 aliphatic heterocycles. The molecular weight excluding hydrogens is 270 g/mol. The lowest BCUT2D eigenvalue weighted by Gasteiger charge is -2.01. The minimum atomic E-state index is -0.248. The maximum atomic E-state index is 12.1. The summed E-state index contributed by atoms with van der Waals surface area (Å²) in [5.41, 5.74) is 1.67. The molecule has 0 atom stereocenters. The summed E-state index contributed by atoms with van der Waals surface area (Å²) in [5.74, 6) is 1.19. The molecule has 7 nitrogen and oxygen atoms in total. The highest BCUT2D eigenvalue weighted by atomic mass is 16.5. The number of nitrogens with one attached hydrogen (secondary N) is 2. The number of hydrogen-bond acceptors (Lipinski definition) is 5. The lowest BCUT2D eigenvalue weighted by atomic mass is 10.2. The first-order chi connectivity index (χ1) is 10.3. The molecule has 0 bridgehead atoms. The Morgan fingerprint density at radius 3 is 3.19 bits per heavy atom. The van der Waals surface area contributed by atoms with Crippen LogP contribution >= 0.6 is 0 Å². The number of rotatable bonds is 4. The molecule has 0 spiro atoms. The van der Waals surface area contributed by atoms with Crippen LogP contribution in [0, 0.1) is 0 Å². The number of H-pyrrole nitrogens is 1. The monoisotopic (exact) mass is 283 g/mol. The van der Waals surface area contributed by atoms with Gasteiger partial charge in [-0.3, -0.25) is 9.89 Å². The topological polar surface area (TPSA) is 96.7 Å². The lowest BCUT2D eigenvalue weighted by molar-refractivity contribution is 0.0945. The normalized spacial score (nSPS) is 14.5. The van der Waals surface area contributed by atoms with Gasteiger partial charge in [0.15, 0.2) is 5.65 Å². The number of amides is 1. The lowest BCUT2D eigenvalue weighted by Crippen LogP contribution is -2.23. The van der Waals surface area contributed by atoms with Crippen LogP contribution in [-0.2, 0) is 6.54 Å². The molecule has 21 heavy (non-hydrogen) atoms. The van der Waals surface area contributed by atoms with Crippen molar-refractivity contribution in [2.45, 2.75) is 25.3 Å². The molecule has 3 heterocycles. The van der Waals surface area contributed by atoms with Crippen molar-refractivity contribution in [2.24, 2.45) is 0 Å². The first-order valence-electron chi connectivity index (χ1n) is 6.83. The Hall–Kier alpha value is -2.70. The summed E-state index contributed by atoms with van der Waals surface area (Å²) in [7, 11) is 0. The number of carbonyl (C=O) groups excluding carboxylic acids is 1. The summed E-state index contributed by atoms with van der Waals surface area (Å²) < 4.78 is 5.24. The third-order valence-corrected chi connectivity index (χ3v) is 3.52. The van der Waals surface area contributed by atoms with Crippen LogP contribution in [0.4, 0.5) is 0 Å². The van der Waals surface area contributed by atoms with E-state index in [-0.39, 0.29) is 5.91 Å². The summed E-state index contributed by atoms with van der Waals surface area (Å²) in [6.07, 6.45) is 3.99. The fourth-order valence-electron chi connectivity index (χ4n) is 2.19. The smallest absolute Gasteiger partial charge is 0.270 e. The van der Waals surface area contributed by atoms with Gasteiger partial charge in [-0.2, -0.15) is 5.10 Å². The Morgan fingerprint density at radius 2 is 2.33 bits per heavy atom. The van der Waals surface area contributed by atoms with E-state index in [9.17, 15) is 4.79 Å². The molecule has 2 N–H and O–H groups in total. The highest BCUT2D eigenvalue weighted by Gasteiger charge is 2.27. The number of fused-ring (bicyclic) bond motifs is 1. The van der Waals surface area contributed by atoms with Crippen LogP contribution in [0.3, 0.4) is 0 Å². The summed E-state index contributed by atoms with van der Waals surface area (Å²) in [5, 5.41) is 14.2. The molecule has 3 aromatic heterocycles. The second-order valence-electron chi connectivity index (χ2n) is 5.18. The van der Waals surface area contributed by atoms with Crippen LogP contribution in [-0.4, -0.2) is 26.2 Å². The highest BCUT2D eigenvalue weighted by Crippen LogP contribution is 2.40. The van der Waals surface area contributed by atoms with Crippen molar-refractivity contribution < 1.29 is 9.32 Å². The highest BCUT2D eigenvalue weighted by molar-refractivity contribution is 5.94. The van der Waals surface area contributed by atoms with Crippen LogP contribution in [0.2, 0.25) is 0 Å². The Morgan fingerprint density at radius 1 is 1.43 bits per heavy atom. The molecule has 0 saturated heterocycles. The van der Waals surface area contributed by atoms with Crippen LogP contribution in [0.15, 0.2) is 28.9 Å². The van der Waals surface area contributed by atoms with Gasteiger partial charge in [-0.25, -0.2) is 4.98 Å². The van der Waals surface area contributed by atoms with Gasteiger partial charge in [-0.05, 0) is 25.0 Å². The molecule has 106 valence electrons. The van der Waals surface area contributed by atoms with Gasteiger partial charge in [0.1, 0.15) is 17.1 Å². The molecule has 1 aliphatic carbocycles. The van der Waals surface area contributed by atoms with Gasteiger partial charge < -0.3 is 9.84 Å². The standard InChI is InChI=1S/C14H13N5O2/c20-14(11-4-3-9-6-16-18-13(9)17-11)15-7-10-5-12(21-19-10)8-1-2-8/h3-6,8H,1-2,7H2,(H,15,20)(H,16,17,18). The van der Waals surface area contributed by atoms with Crippen molar-refractivity contribution in [2.75, 3.05) is 0 Å². The van der Waals surface area contributed by atoms with Crippen LogP contribution in [0.5, 0.6) is 0 Å². The van der Waals surface area contributed by atoms with Gasteiger partial charge in [0.2, 0.25) is 0 Å². The third-order valence-electron chi connectivity index (χ3n) is 3.52. The molecule has 0 unspecified atom stereocenters. The van der Waals surface area contributed by atoms with Crippen molar-refractivity contribution in [3.8, 4) is 0 Å². The fraction of sp³-hybridized carbons (Fsp3) is 0.286. The average Bonchev–Trinajstić information content (AvgIpc) is 3.07. The van der Waals surface area contributed by atoms with Crippen molar-refractivity contribution >= 4 is 16.9 Å². The largest absolute Gasteiger partial charge is 0.361 e.